The van der Waals surface area contributed by atoms with Crippen molar-refractivity contribution in [3.63, 3.8) is 0 Å². The SMILES string of the molecule is CN1CCCNC(=O)CC[C@@H](NC(=O)[C@@H](Cc2cnc[nH]2)NC(=O)CNC(=O)CN)C(=O)NCCCNCCCN2C(=O)c3ccc4c5c(ccc(c35)C2=O)C(=O)N(CCC1)C4=O. The molecule has 8 bridgehead atoms. The molecule has 21 heteroatoms. The average Bonchev–Trinajstić information content (AvgIpc) is 3.79. The van der Waals surface area contributed by atoms with Crippen LogP contribution in [-0.2, 0) is 30.4 Å². The summed E-state index contributed by atoms with van der Waals surface area (Å²) in [6.07, 6.45) is 4.67. The highest BCUT2D eigenvalue weighted by Crippen LogP contribution is 2.38. The minimum absolute atomic E-state index is 0.0169. The molecule has 6 aliphatic heterocycles. The van der Waals surface area contributed by atoms with Gasteiger partial charge in [-0.3, -0.25) is 53.0 Å². The molecular weight excluding hydrogens is 817 g/mol. The van der Waals surface area contributed by atoms with Gasteiger partial charge in [-0.15, -0.1) is 0 Å². The van der Waals surface area contributed by atoms with Crippen molar-refractivity contribution in [2.75, 3.05) is 72.5 Å². The third-order valence-corrected chi connectivity index (χ3v) is 11.1. The number of H-pyrrole nitrogens is 1. The Kier molecular flexibility index (Phi) is 15.7. The number of carbonyl (C=O) groups excluding carboxylic acids is 9. The molecule has 2 atom stereocenters. The van der Waals surface area contributed by atoms with Crippen molar-refractivity contribution in [2.45, 2.75) is 57.0 Å². The van der Waals surface area contributed by atoms with Gasteiger partial charge in [-0.2, -0.15) is 0 Å². The van der Waals surface area contributed by atoms with Crippen molar-refractivity contribution in [3.05, 3.63) is 64.7 Å². The first-order chi connectivity index (χ1) is 30.4. The molecule has 6 aliphatic rings. The Morgan fingerprint density at radius 1 is 0.762 bits per heavy atom. The number of hydrogen-bond donors (Lipinski definition) is 8. The smallest absolute Gasteiger partial charge is 0.261 e. The minimum Gasteiger partial charge on any atom is -0.356 e. The van der Waals surface area contributed by atoms with Crippen LogP contribution in [0, 0.1) is 0 Å². The fourth-order valence-corrected chi connectivity index (χ4v) is 7.83. The lowest BCUT2D eigenvalue weighted by Crippen LogP contribution is -2.55. The summed E-state index contributed by atoms with van der Waals surface area (Å²) in [7, 11) is 1.89. The van der Waals surface area contributed by atoms with E-state index in [1.165, 1.54) is 22.3 Å². The Morgan fingerprint density at radius 3 is 1.94 bits per heavy atom. The van der Waals surface area contributed by atoms with E-state index < -0.39 is 65.9 Å². The van der Waals surface area contributed by atoms with E-state index in [0.29, 0.717) is 74.9 Å². The van der Waals surface area contributed by atoms with Crippen LogP contribution in [0.4, 0.5) is 0 Å². The van der Waals surface area contributed by atoms with Gasteiger partial charge in [0, 0.05) is 83.9 Å². The van der Waals surface area contributed by atoms with Gasteiger partial charge in [-0.1, -0.05) is 0 Å². The fraction of sp³-hybridized carbons (Fsp3) is 0.476. The highest BCUT2D eigenvalue weighted by atomic mass is 16.2. The van der Waals surface area contributed by atoms with Crippen LogP contribution in [0.1, 0.15) is 85.7 Å². The van der Waals surface area contributed by atoms with Gasteiger partial charge < -0.3 is 47.5 Å². The zero-order valence-electron chi connectivity index (χ0n) is 35.2. The molecule has 2 aromatic carbocycles. The van der Waals surface area contributed by atoms with Crippen molar-refractivity contribution in [1.82, 2.24) is 56.6 Å². The van der Waals surface area contributed by atoms with Gasteiger partial charge in [0.1, 0.15) is 12.1 Å². The number of fused-ring (bicyclic) bond motifs is 2. The lowest BCUT2D eigenvalue weighted by atomic mass is 9.86. The van der Waals surface area contributed by atoms with Crippen LogP contribution in [-0.4, -0.2) is 162 Å². The van der Waals surface area contributed by atoms with Crippen LogP contribution >= 0.6 is 0 Å². The second-order valence-electron chi connectivity index (χ2n) is 15.7. The average molecular weight is 871 g/mol. The topological polar surface area (TPSA) is 290 Å². The summed E-state index contributed by atoms with van der Waals surface area (Å²) in [5.74, 6) is -4.77. The lowest BCUT2D eigenvalue weighted by molar-refractivity contribution is -0.132. The number of amides is 9. The predicted molar refractivity (Wildman–Crippen MR) is 227 cm³/mol. The van der Waals surface area contributed by atoms with Crippen LogP contribution in [0.2, 0.25) is 0 Å². The van der Waals surface area contributed by atoms with E-state index in [0.717, 1.165) is 0 Å². The highest BCUT2D eigenvalue weighted by Gasteiger charge is 2.39. The second-order valence-corrected chi connectivity index (χ2v) is 15.7. The number of aromatic nitrogens is 2. The van der Waals surface area contributed by atoms with Crippen LogP contribution < -0.4 is 37.6 Å². The molecule has 0 saturated heterocycles. The molecule has 0 saturated carbocycles. The van der Waals surface area contributed by atoms with Crippen LogP contribution in [0.5, 0.6) is 0 Å². The summed E-state index contributed by atoms with van der Waals surface area (Å²) in [4.78, 5) is 131. The molecule has 9 N–H and O–H groups in total. The molecule has 7 heterocycles. The van der Waals surface area contributed by atoms with Crippen LogP contribution in [0.25, 0.3) is 10.8 Å². The predicted octanol–water partition coefficient (Wildman–Crippen LogP) is -1.85. The van der Waals surface area contributed by atoms with Gasteiger partial charge in [0.05, 0.1) is 19.4 Å². The maximum absolute atomic E-state index is 13.7. The third-order valence-electron chi connectivity index (χ3n) is 11.1. The maximum Gasteiger partial charge on any atom is 0.261 e. The Morgan fingerprint density at radius 2 is 1.33 bits per heavy atom. The van der Waals surface area contributed by atoms with E-state index in [1.54, 1.807) is 24.3 Å². The molecule has 1 aromatic heterocycles. The Hall–Kier alpha value is -6.58. The molecule has 63 heavy (non-hydrogen) atoms. The number of nitrogens with two attached hydrogens (primary N) is 1. The number of nitrogens with zero attached hydrogens (tertiary/aromatic N) is 4. The molecule has 0 unspecified atom stereocenters. The van der Waals surface area contributed by atoms with Crippen molar-refractivity contribution in [2.24, 2.45) is 5.73 Å². The van der Waals surface area contributed by atoms with Gasteiger partial charge >= 0.3 is 0 Å². The quantitative estimate of drug-likeness (QED) is 0.116. The summed E-state index contributed by atoms with van der Waals surface area (Å²) in [6, 6.07) is 3.88. The number of rotatable bonds is 8. The Bertz CT molecular complexity index is 2180. The molecule has 336 valence electrons. The second kappa shape index (κ2) is 21.5. The Balaban J connectivity index is 1.12. The Labute approximate surface area is 363 Å². The minimum atomic E-state index is -1.18. The van der Waals surface area contributed by atoms with E-state index in [2.05, 4.69) is 41.9 Å². The standard InChI is InChI=1S/C42H54N12O9/c1-52-16-4-15-46-32(55)11-10-30(51-38(59)31(20-25-22-45-24-49-25)50-34(57)23-48-33(56)21-43)37(58)47-14-2-12-44-13-3-18-53-39(60)26-6-8-28-36-29(9-7-27(35(26)36)40(53)61)42(63)54(41(28)62)19-5-17-52/h6-9,22,24,30-31,44H,2-5,10-21,23,43H2,1H3,(H,45,49)(H,46,55)(H,47,58)(H,48,56)(H,50,57)(H,51,59)/t30-,31-/m1/s1. The number of hydrogen-bond acceptors (Lipinski definition) is 13. The van der Waals surface area contributed by atoms with Crippen molar-refractivity contribution in [1.29, 1.82) is 0 Å². The summed E-state index contributed by atoms with van der Waals surface area (Å²) in [5, 5.41) is 17.2. The van der Waals surface area contributed by atoms with E-state index in [9.17, 15) is 43.2 Å². The van der Waals surface area contributed by atoms with Crippen molar-refractivity contribution in [3.8, 4) is 0 Å². The number of benzene rings is 2. The summed E-state index contributed by atoms with van der Waals surface area (Å²) >= 11 is 0. The van der Waals surface area contributed by atoms with E-state index >= 15 is 0 Å². The molecule has 21 nitrogen and oxygen atoms in total. The first-order valence-electron chi connectivity index (χ1n) is 21.2. The largest absolute Gasteiger partial charge is 0.356 e. The summed E-state index contributed by atoms with van der Waals surface area (Å²) in [6.45, 7) is 2.08. The van der Waals surface area contributed by atoms with Gasteiger partial charge in [0.25, 0.3) is 23.6 Å². The highest BCUT2D eigenvalue weighted by molar-refractivity contribution is 6.33. The molecule has 0 radical (unpaired) electrons. The fourth-order valence-electron chi connectivity index (χ4n) is 7.83. The van der Waals surface area contributed by atoms with E-state index in [4.69, 9.17) is 5.73 Å². The normalized spacial score (nSPS) is 19.4. The van der Waals surface area contributed by atoms with E-state index in [1.807, 2.05) is 11.9 Å². The van der Waals surface area contributed by atoms with Crippen LogP contribution in [0.3, 0.4) is 0 Å². The number of imide groups is 2. The number of carbonyl (C=O) groups is 9. The molecule has 9 amide bonds. The van der Waals surface area contributed by atoms with Crippen molar-refractivity contribution < 1.29 is 43.2 Å². The number of aromatic amines is 1. The first kappa shape index (κ1) is 45.9. The van der Waals surface area contributed by atoms with Gasteiger partial charge in [0.2, 0.25) is 29.5 Å². The first-order valence-corrected chi connectivity index (χ1v) is 21.2. The third kappa shape index (κ3) is 11.3. The molecule has 3 aromatic rings. The summed E-state index contributed by atoms with van der Waals surface area (Å²) in [5.41, 5.74) is 6.88. The molecule has 0 aliphatic carbocycles. The van der Waals surface area contributed by atoms with Gasteiger partial charge in [0.15, 0.2) is 0 Å². The molecule has 0 fully saturated rings. The van der Waals surface area contributed by atoms with Crippen molar-refractivity contribution >= 4 is 63.9 Å². The zero-order valence-corrected chi connectivity index (χ0v) is 35.2. The maximum atomic E-state index is 13.7. The zero-order chi connectivity index (χ0) is 45.0. The lowest BCUT2D eigenvalue weighted by Gasteiger charge is -2.32. The monoisotopic (exact) mass is 870 g/mol. The molecular formula is C42H54N12O9. The number of nitrogens with one attached hydrogen (secondary N) is 7. The van der Waals surface area contributed by atoms with Gasteiger partial charge in [-0.25, -0.2) is 4.98 Å². The summed E-state index contributed by atoms with van der Waals surface area (Å²) < 4.78 is 0. The van der Waals surface area contributed by atoms with Crippen LogP contribution in [0.15, 0.2) is 36.8 Å². The van der Waals surface area contributed by atoms with E-state index in [-0.39, 0.29) is 73.6 Å². The molecule has 0 spiro atoms. The molecule has 9 rings (SSSR count). The van der Waals surface area contributed by atoms with Gasteiger partial charge in [-0.05, 0) is 89.6 Å². The number of imidazole rings is 1.